The van der Waals surface area contributed by atoms with Gasteiger partial charge in [-0.05, 0) is 59.5 Å². The van der Waals surface area contributed by atoms with Crippen LogP contribution in [0.4, 0.5) is 0 Å². The lowest BCUT2D eigenvalue weighted by Crippen LogP contribution is -1.57. The molecule has 0 aromatic heterocycles. The minimum atomic E-state index is 0. The van der Waals surface area contributed by atoms with Crippen molar-refractivity contribution in [1.82, 2.24) is 0 Å². The molecule has 0 N–H and O–H groups in total. The minimum absolute atomic E-state index is 0. The quantitative estimate of drug-likeness (QED) is 0.567. The van der Waals surface area contributed by atoms with Crippen LogP contribution >= 0.6 is 47.0 Å². The fourth-order valence-corrected chi connectivity index (χ4v) is 2.44. The van der Waals surface area contributed by atoms with Crippen molar-refractivity contribution in [2.45, 2.75) is 13.8 Å². The molecule has 0 fully saturated rings. The Kier molecular flexibility index (Phi) is 17.1. The van der Waals surface area contributed by atoms with Crippen molar-refractivity contribution in [3.05, 3.63) is 20.6 Å². The van der Waals surface area contributed by atoms with Crippen molar-refractivity contribution in [3.63, 3.8) is 0 Å². The zero-order valence-corrected chi connectivity index (χ0v) is 13.1. The maximum Gasteiger partial charge on any atom is 0 e. The highest BCUT2D eigenvalue weighted by Crippen LogP contribution is 2.13. The van der Waals surface area contributed by atoms with Gasteiger partial charge in [-0.1, -0.05) is 0 Å². The smallest absolute Gasteiger partial charge is 0 e. The highest BCUT2D eigenvalue weighted by atomic mass is 32.2. The second-order valence-corrected chi connectivity index (χ2v) is 5.86. The van der Waals surface area contributed by atoms with Crippen LogP contribution in [-0.4, -0.2) is 25.0 Å². The standard InChI is InChI=1S/2C5H10S2.6H2/c2*1-5(7-3)4-6-2;;;;;;/h2*4H,1-3H3;6*1H/b5-4+;5-4-;;;;;;. The molecule has 4 heteroatoms. The number of hydrogen-bond donors (Lipinski definition) is 0. The molecule has 0 aliphatic carbocycles. The average Bonchev–Trinajstić information content (AvgIpc) is 2.19. The molecule has 0 bridgehead atoms. The Balaban J connectivity index is -0.0000000185. The summed E-state index contributed by atoms with van der Waals surface area (Å²) in [5.74, 6) is 0. The third kappa shape index (κ3) is 15.4. The zero-order chi connectivity index (χ0) is 11.4. The van der Waals surface area contributed by atoms with Gasteiger partial charge in [0.05, 0.1) is 0 Å². The first-order valence-electron chi connectivity index (χ1n) is 4.09. The van der Waals surface area contributed by atoms with E-state index in [1.807, 2.05) is 0 Å². The van der Waals surface area contributed by atoms with Gasteiger partial charge in [-0.25, -0.2) is 0 Å². The molecule has 0 spiro atoms. The summed E-state index contributed by atoms with van der Waals surface area (Å²) in [5.41, 5.74) is 0. The van der Waals surface area contributed by atoms with Crippen LogP contribution in [0.2, 0.25) is 0 Å². The van der Waals surface area contributed by atoms with E-state index in [0.29, 0.717) is 0 Å². The van der Waals surface area contributed by atoms with Gasteiger partial charge < -0.3 is 0 Å². The Morgan fingerprint density at radius 1 is 0.786 bits per heavy atom. The molecule has 0 saturated heterocycles. The van der Waals surface area contributed by atoms with Crippen LogP contribution in [-0.2, 0) is 0 Å². The molecule has 0 radical (unpaired) electrons. The summed E-state index contributed by atoms with van der Waals surface area (Å²) in [4.78, 5) is 2.76. The Labute approximate surface area is 115 Å². The SMILES string of the molecule is CS/C=C(/C)SC.CS/C=C(\C)SC.[HH].[HH].[HH].[HH].[HH].[HH]. The Hall–Kier alpha value is 0.880. The monoisotopic (exact) mass is 280 g/mol. The lowest BCUT2D eigenvalue weighted by Gasteiger charge is -1.87. The largest absolute Gasteiger partial charge is 0.137 e. The second kappa shape index (κ2) is 13.9. The van der Waals surface area contributed by atoms with Crippen molar-refractivity contribution >= 4 is 47.0 Å². The van der Waals surface area contributed by atoms with Crippen molar-refractivity contribution in [2.75, 3.05) is 25.0 Å². The summed E-state index contributed by atoms with van der Waals surface area (Å²) in [6.07, 6.45) is 8.31. The third-order valence-electron chi connectivity index (χ3n) is 1.21. The fraction of sp³-hybridized carbons (Fsp3) is 0.600. The molecule has 0 nitrogen and oxygen atoms in total. The summed E-state index contributed by atoms with van der Waals surface area (Å²) in [6.45, 7) is 4.22. The van der Waals surface area contributed by atoms with Crippen molar-refractivity contribution in [2.24, 2.45) is 0 Å². The first kappa shape index (κ1) is 17.3. The third-order valence-corrected chi connectivity index (χ3v) is 4.21. The summed E-state index contributed by atoms with van der Waals surface area (Å²) in [5, 5.41) is 4.29. The van der Waals surface area contributed by atoms with E-state index in [4.69, 9.17) is 0 Å². The highest BCUT2D eigenvalue weighted by Gasteiger charge is 1.78. The van der Waals surface area contributed by atoms with Crippen LogP contribution < -0.4 is 0 Å². The van der Waals surface area contributed by atoms with Gasteiger partial charge >= 0.3 is 0 Å². The van der Waals surface area contributed by atoms with Gasteiger partial charge in [0.2, 0.25) is 0 Å². The first-order chi connectivity index (χ1) is 6.62. The van der Waals surface area contributed by atoms with Gasteiger partial charge in [0.25, 0.3) is 0 Å². The molecule has 0 aromatic carbocycles. The molecular formula is C10H32S4. The molecule has 96 valence electrons. The summed E-state index contributed by atoms with van der Waals surface area (Å²) >= 11 is 7.08. The van der Waals surface area contributed by atoms with Gasteiger partial charge in [-0.3, -0.25) is 0 Å². The van der Waals surface area contributed by atoms with E-state index in [0.717, 1.165) is 0 Å². The topological polar surface area (TPSA) is 0 Å². The Morgan fingerprint density at radius 3 is 1.14 bits per heavy atom. The van der Waals surface area contributed by atoms with E-state index in [1.54, 1.807) is 47.0 Å². The van der Waals surface area contributed by atoms with Gasteiger partial charge in [0.15, 0.2) is 0 Å². The molecule has 0 atom stereocenters. The number of thioether (sulfide) groups is 4. The van der Waals surface area contributed by atoms with Gasteiger partial charge in [-0.15, -0.1) is 47.0 Å². The summed E-state index contributed by atoms with van der Waals surface area (Å²) in [6, 6.07) is 0. The molecule has 14 heavy (non-hydrogen) atoms. The molecular weight excluding hydrogens is 248 g/mol. The van der Waals surface area contributed by atoms with Gasteiger partial charge in [0.1, 0.15) is 0 Å². The molecule has 0 aliphatic heterocycles. The fourth-order valence-electron chi connectivity index (χ4n) is 0.428. The minimum Gasteiger partial charge on any atom is -0.137 e. The van der Waals surface area contributed by atoms with Crippen molar-refractivity contribution in [1.29, 1.82) is 0 Å². The van der Waals surface area contributed by atoms with Gasteiger partial charge in [-0.2, -0.15) is 0 Å². The Bertz CT molecular complexity index is 171. The highest BCUT2D eigenvalue weighted by molar-refractivity contribution is 8.05. The van der Waals surface area contributed by atoms with Crippen LogP contribution in [0.1, 0.15) is 22.4 Å². The van der Waals surface area contributed by atoms with Crippen LogP contribution in [0.15, 0.2) is 20.6 Å². The van der Waals surface area contributed by atoms with Crippen LogP contribution in [0.5, 0.6) is 0 Å². The normalized spacial score (nSPS) is 12.1. The molecule has 0 heterocycles. The molecule has 0 aromatic rings. The molecule has 0 amide bonds. The van der Waals surface area contributed by atoms with E-state index in [-0.39, 0.29) is 8.56 Å². The maximum atomic E-state index is 2.14. The summed E-state index contributed by atoms with van der Waals surface area (Å²) < 4.78 is 0. The predicted molar refractivity (Wildman–Crippen MR) is 94.3 cm³/mol. The first-order valence-corrected chi connectivity index (χ1v) is 9.12. The van der Waals surface area contributed by atoms with Crippen molar-refractivity contribution in [3.8, 4) is 0 Å². The van der Waals surface area contributed by atoms with E-state index >= 15 is 0 Å². The van der Waals surface area contributed by atoms with Crippen LogP contribution in [0.3, 0.4) is 0 Å². The van der Waals surface area contributed by atoms with Crippen molar-refractivity contribution < 1.29 is 8.56 Å². The van der Waals surface area contributed by atoms with E-state index < -0.39 is 0 Å². The Morgan fingerprint density at radius 2 is 1.07 bits per heavy atom. The average molecular weight is 281 g/mol. The van der Waals surface area contributed by atoms with Crippen LogP contribution in [0.25, 0.3) is 0 Å². The second-order valence-electron chi connectivity index (χ2n) is 2.34. The molecule has 0 rings (SSSR count). The lowest BCUT2D eigenvalue weighted by molar-refractivity contribution is 1.72. The molecule has 0 aliphatic rings. The van der Waals surface area contributed by atoms with E-state index in [2.05, 4.69) is 49.7 Å². The van der Waals surface area contributed by atoms with E-state index in [9.17, 15) is 0 Å². The number of hydrogen-bond acceptors (Lipinski definition) is 4. The molecule has 0 saturated carbocycles. The summed E-state index contributed by atoms with van der Waals surface area (Å²) in [7, 11) is 0. The zero-order valence-electron chi connectivity index (χ0n) is 9.79. The molecule has 0 unspecified atom stereocenters. The van der Waals surface area contributed by atoms with Gasteiger partial charge in [0, 0.05) is 8.56 Å². The van der Waals surface area contributed by atoms with E-state index in [1.165, 1.54) is 9.81 Å². The number of allylic oxidation sites excluding steroid dienone is 2. The number of rotatable bonds is 4. The van der Waals surface area contributed by atoms with Crippen LogP contribution in [0, 0.1) is 0 Å². The predicted octanol–water partition coefficient (Wildman–Crippen LogP) is 6.62. The lowest BCUT2D eigenvalue weighted by atomic mass is 10.8. The maximum absolute atomic E-state index is 2.14.